The predicted octanol–water partition coefficient (Wildman–Crippen LogP) is 3.30. The van der Waals surface area contributed by atoms with E-state index in [0.29, 0.717) is 5.69 Å². The summed E-state index contributed by atoms with van der Waals surface area (Å²) in [5, 5.41) is 14.8. The molecule has 22 heavy (non-hydrogen) atoms. The molecule has 1 unspecified atom stereocenters. The molecule has 4 nitrogen and oxygen atoms in total. The van der Waals surface area contributed by atoms with Crippen molar-refractivity contribution in [2.75, 3.05) is 5.32 Å². The van der Waals surface area contributed by atoms with Crippen LogP contribution in [0.25, 0.3) is 10.8 Å². The van der Waals surface area contributed by atoms with Crippen LogP contribution in [-0.2, 0) is 4.79 Å². The molecule has 0 fully saturated rings. The second-order valence-electron chi connectivity index (χ2n) is 5.09. The van der Waals surface area contributed by atoms with Crippen molar-refractivity contribution in [1.29, 1.82) is 0 Å². The van der Waals surface area contributed by atoms with E-state index in [9.17, 15) is 9.90 Å². The second-order valence-corrected chi connectivity index (χ2v) is 5.09. The van der Waals surface area contributed by atoms with Gasteiger partial charge in [0.2, 0.25) is 5.91 Å². The summed E-state index contributed by atoms with van der Waals surface area (Å²) < 4.78 is 0. The Balaban J connectivity index is 1.74. The largest absolute Gasteiger partial charge is 0.388 e. The molecular weight excluding hydrogens is 276 g/mol. The highest BCUT2D eigenvalue weighted by atomic mass is 16.3. The number of carbonyl (C=O) groups excluding carboxylic acids is 1. The Morgan fingerprint density at radius 2 is 1.77 bits per heavy atom. The van der Waals surface area contributed by atoms with Gasteiger partial charge < -0.3 is 10.4 Å². The standard InChI is InChI=1S/C18H16N2O2/c21-17(13-6-2-1-3-7-13)10-18(22)20-16-12-19-11-14-8-4-5-9-15(14)16/h1-9,11-12,17,21H,10H2,(H,20,22). The van der Waals surface area contributed by atoms with E-state index in [4.69, 9.17) is 0 Å². The van der Waals surface area contributed by atoms with Gasteiger partial charge in [0, 0.05) is 17.0 Å². The molecule has 0 aliphatic rings. The van der Waals surface area contributed by atoms with Crippen molar-refractivity contribution in [3.8, 4) is 0 Å². The third-order valence-electron chi connectivity index (χ3n) is 3.51. The Morgan fingerprint density at radius 1 is 1.05 bits per heavy atom. The van der Waals surface area contributed by atoms with Crippen LogP contribution in [0.4, 0.5) is 5.69 Å². The first-order valence-electron chi connectivity index (χ1n) is 7.09. The number of aromatic nitrogens is 1. The fraction of sp³-hybridized carbons (Fsp3) is 0.111. The number of pyridine rings is 1. The van der Waals surface area contributed by atoms with Crippen LogP contribution in [0.5, 0.6) is 0 Å². The molecule has 1 heterocycles. The van der Waals surface area contributed by atoms with E-state index in [1.54, 1.807) is 24.5 Å². The van der Waals surface area contributed by atoms with Crippen molar-refractivity contribution in [1.82, 2.24) is 4.98 Å². The highest BCUT2D eigenvalue weighted by Crippen LogP contribution is 2.23. The van der Waals surface area contributed by atoms with Crippen molar-refractivity contribution in [3.05, 3.63) is 72.6 Å². The van der Waals surface area contributed by atoms with Crippen LogP contribution in [0.2, 0.25) is 0 Å². The third-order valence-corrected chi connectivity index (χ3v) is 3.51. The van der Waals surface area contributed by atoms with E-state index in [2.05, 4.69) is 10.3 Å². The summed E-state index contributed by atoms with van der Waals surface area (Å²) in [5.74, 6) is -0.241. The van der Waals surface area contributed by atoms with E-state index in [-0.39, 0.29) is 12.3 Å². The molecule has 0 aliphatic heterocycles. The number of nitrogens with zero attached hydrogens (tertiary/aromatic N) is 1. The summed E-state index contributed by atoms with van der Waals surface area (Å²) in [6.07, 6.45) is 2.57. The van der Waals surface area contributed by atoms with Crippen molar-refractivity contribution < 1.29 is 9.90 Å². The van der Waals surface area contributed by atoms with Crippen LogP contribution in [0.1, 0.15) is 18.1 Å². The molecule has 0 aliphatic carbocycles. The molecule has 2 aromatic carbocycles. The van der Waals surface area contributed by atoms with Gasteiger partial charge >= 0.3 is 0 Å². The number of aliphatic hydroxyl groups is 1. The predicted molar refractivity (Wildman–Crippen MR) is 86.4 cm³/mol. The van der Waals surface area contributed by atoms with Gasteiger partial charge in [0.25, 0.3) is 0 Å². The summed E-state index contributed by atoms with van der Waals surface area (Å²) in [5.41, 5.74) is 1.39. The average Bonchev–Trinajstić information content (AvgIpc) is 2.56. The molecule has 110 valence electrons. The van der Waals surface area contributed by atoms with Gasteiger partial charge in [-0.2, -0.15) is 0 Å². The Hall–Kier alpha value is -2.72. The van der Waals surface area contributed by atoms with Gasteiger partial charge in [0.1, 0.15) is 0 Å². The van der Waals surface area contributed by atoms with E-state index < -0.39 is 6.10 Å². The number of fused-ring (bicyclic) bond motifs is 1. The van der Waals surface area contributed by atoms with Gasteiger partial charge in [-0.1, -0.05) is 54.6 Å². The zero-order valence-electron chi connectivity index (χ0n) is 11.9. The Labute approximate surface area is 128 Å². The zero-order chi connectivity index (χ0) is 15.4. The zero-order valence-corrected chi connectivity index (χ0v) is 11.9. The fourth-order valence-electron chi connectivity index (χ4n) is 2.39. The first kappa shape index (κ1) is 14.2. The summed E-state index contributed by atoms with van der Waals surface area (Å²) in [6, 6.07) is 16.9. The Kier molecular flexibility index (Phi) is 4.12. The lowest BCUT2D eigenvalue weighted by atomic mass is 10.1. The van der Waals surface area contributed by atoms with Crippen molar-refractivity contribution in [2.24, 2.45) is 0 Å². The summed E-state index contributed by atoms with van der Waals surface area (Å²) >= 11 is 0. The SMILES string of the molecule is O=C(CC(O)c1ccccc1)Nc1cncc2ccccc12. The summed E-state index contributed by atoms with van der Waals surface area (Å²) in [6.45, 7) is 0. The topological polar surface area (TPSA) is 62.2 Å². The molecular formula is C18H16N2O2. The molecule has 4 heteroatoms. The molecule has 0 radical (unpaired) electrons. The number of carbonyl (C=O) groups is 1. The van der Waals surface area contributed by atoms with Gasteiger partial charge in [0.05, 0.1) is 24.4 Å². The van der Waals surface area contributed by atoms with Crippen LogP contribution in [-0.4, -0.2) is 16.0 Å². The molecule has 0 bridgehead atoms. The van der Waals surface area contributed by atoms with Gasteiger partial charge in [-0.05, 0) is 5.56 Å². The maximum absolute atomic E-state index is 12.1. The lowest BCUT2D eigenvalue weighted by Crippen LogP contribution is -2.15. The Morgan fingerprint density at radius 3 is 2.59 bits per heavy atom. The summed E-state index contributed by atoms with van der Waals surface area (Å²) in [4.78, 5) is 16.3. The minimum absolute atomic E-state index is 0.00718. The van der Waals surface area contributed by atoms with Gasteiger partial charge in [-0.15, -0.1) is 0 Å². The Bertz CT molecular complexity index is 782. The van der Waals surface area contributed by atoms with Crippen LogP contribution in [0.15, 0.2) is 67.0 Å². The van der Waals surface area contributed by atoms with E-state index in [1.165, 1.54) is 0 Å². The molecule has 1 amide bonds. The normalized spacial score (nSPS) is 12.0. The molecule has 1 aromatic heterocycles. The van der Waals surface area contributed by atoms with Gasteiger partial charge in [-0.3, -0.25) is 9.78 Å². The minimum Gasteiger partial charge on any atom is -0.388 e. The monoisotopic (exact) mass is 292 g/mol. The summed E-state index contributed by atoms with van der Waals surface area (Å²) in [7, 11) is 0. The molecule has 1 atom stereocenters. The smallest absolute Gasteiger partial charge is 0.227 e. The lowest BCUT2D eigenvalue weighted by molar-refractivity contribution is -0.118. The first-order valence-corrected chi connectivity index (χ1v) is 7.09. The highest BCUT2D eigenvalue weighted by Gasteiger charge is 2.13. The van der Waals surface area contributed by atoms with Crippen LogP contribution in [0, 0.1) is 0 Å². The number of anilines is 1. The van der Waals surface area contributed by atoms with Crippen molar-refractivity contribution in [2.45, 2.75) is 12.5 Å². The number of hydrogen-bond donors (Lipinski definition) is 2. The quantitative estimate of drug-likeness (QED) is 0.775. The number of rotatable bonds is 4. The molecule has 0 saturated heterocycles. The highest BCUT2D eigenvalue weighted by molar-refractivity contribution is 6.01. The van der Waals surface area contributed by atoms with Crippen LogP contribution >= 0.6 is 0 Å². The number of aliphatic hydroxyl groups excluding tert-OH is 1. The number of nitrogens with one attached hydrogen (secondary N) is 1. The average molecular weight is 292 g/mol. The van der Waals surface area contributed by atoms with Gasteiger partial charge in [-0.25, -0.2) is 0 Å². The molecule has 2 N–H and O–H groups in total. The maximum Gasteiger partial charge on any atom is 0.227 e. The molecule has 0 saturated carbocycles. The minimum atomic E-state index is -0.816. The van der Waals surface area contributed by atoms with E-state index in [1.807, 2.05) is 42.5 Å². The van der Waals surface area contributed by atoms with Crippen molar-refractivity contribution >= 4 is 22.4 Å². The first-order chi connectivity index (χ1) is 10.7. The number of hydrogen-bond acceptors (Lipinski definition) is 3. The second kappa shape index (κ2) is 6.37. The van der Waals surface area contributed by atoms with Crippen LogP contribution < -0.4 is 5.32 Å². The van der Waals surface area contributed by atoms with Gasteiger partial charge in [0.15, 0.2) is 0 Å². The maximum atomic E-state index is 12.1. The third kappa shape index (κ3) is 3.13. The number of benzene rings is 2. The van der Waals surface area contributed by atoms with E-state index >= 15 is 0 Å². The fourth-order valence-corrected chi connectivity index (χ4v) is 2.39. The molecule has 3 rings (SSSR count). The lowest BCUT2D eigenvalue weighted by Gasteiger charge is -2.12. The van der Waals surface area contributed by atoms with Crippen LogP contribution in [0.3, 0.4) is 0 Å². The molecule has 3 aromatic rings. The number of amides is 1. The van der Waals surface area contributed by atoms with Crippen molar-refractivity contribution in [3.63, 3.8) is 0 Å². The van der Waals surface area contributed by atoms with E-state index in [0.717, 1.165) is 16.3 Å². The molecule has 0 spiro atoms.